The summed E-state index contributed by atoms with van der Waals surface area (Å²) in [4.78, 5) is 7.02. The van der Waals surface area contributed by atoms with Gasteiger partial charge in [-0.05, 0) is 19.1 Å². The number of hydrogen-bond donors (Lipinski definition) is 1. The van der Waals surface area contributed by atoms with E-state index in [0.717, 1.165) is 55.8 Å². The van der Waals surface area contributed by atoms with E-state index in [4.69, 9.17) is 16.3 Å². The molecule has 0 radical (unpaired) electrons. The van der Waals surface area contributed by atoms with Gasteiger partial charge in [-0.25, -0.2) is 4.98 Å². The van der Waals surface area contributed by atoms with Gasteiger partial charge in [0.2, 0.25) is 0 Å². The average molecular weight is 309 g/mol. The lowest BCUT2D eigenvalue weighted by molar-refractivity contribution is 0.0343. The monoisotopic (exact) mass is 308 g/mol. The minimum Gasteiger partial charge on any atom is -0.379 e. The first kappa shape index (κ1) is 14.8. The largest absolute Gasteiger partial charge is 0.379 e. The van der Waals surface area contributed by atoms with Crippen LogP contribution in [0.5, 0.6) is 0 Å². The Morgan fingerprint density at radius 3 is 2.95 bits per heavy atom. The minimum absolute atomic E-state index is 0.427. The van der Waals surface area contributed by atoms with E-state index in [0.29, 0.717) is 6.04 Å². The second kappa shape index (κ2) is 6.75. The van der Waals surface area contributed by atoms with Crippen LogP contribution >= 0.6 is 11.6 Å². The standard InChI is InChI=1S/C15H21ClN4O/c1-12(9-19-4-6-21-7-5-19)17-8-14-11-20-10-13(16)2-3-15(20)18-14/h2-3,10-12,17H,4-9H2,1H3. The molecule has 2 aromatic rings. The van der Waals surface area contributed by atoms with Gasteiger partial charge >= 0.3 is 0 Å². The summed E-state index contributed by atoms with van der Waals surface area (Å²) in [6.45, 7) is 7.77. The molecular formula is C15H21ClN4O. The van der Waals surface area contributed by atoms with Gasteiger partial charge in [0.05, 0.1) is 23.9 Å². The van der Waals surface area contributed by atoms with Crippen LogP contribution in [-0.4, -0.2) is 53.2 Å². The molecule has 114 valence electrons. The van der Waals surface area contributed by atoms with Crippen molar-refractivity contribution in [2.24, 2.45) is 0 Å². The molecule has 1 atom stereocenters. The number of nitrogens with zero attached hydrogens (tertiary/aromatic N) is 3. The summed E-state index contributed by atoms with van der Waals surface area (Å²) in [5.74, 6) is 0. The molecule has 1 saturated heterocycles. The smallest absolute Gasteiger partial charge is 0.137 e. The van der Waals surface area contributed by atoms with Crippen molar-refractivity contribution < 1.29 is 4.74 Å². The molecule has 0 spiro atoms. The van der Waals surface area contributed by atoms with Crippen molar-refractivity contribution in [3.05, 3.63) is 35.2 Å². The highest BCUT2D eigenvalue weighted by atomic mass is 35.5. The van der Waals surface area contributed by atoms with E-state index in [2.05, 4.69) is 22.1 Å². The molecule has 3 heterocycles. The van der Waals surface area contributed by atoms with Crippen LogP contribution in [0.25, 0.3) is 5.65 Å². The van der Waals surface area contributed by atoms with Crippen LogP contribution in [0.3, 0.4) is 0 Å². The first-order valence-electron chi connectivity index (χ1n) is 7.37. The normalized spacial score (nSPS) is 18.2. The first-order chi connectivity index (χ1) is 10.2. The second-order valence-corrected chi connectivity index (χ2v) is 5.98. The van der Waals surface area contributed by atoms with Crippen LogP contribution in [0, 0.1) is 0 Å². The number of ether oxygens (including phenoxy) is 1. The Labute approximate surface area is 129 Å². The van der Waals surface area contributed by atoms with Crippen molar-refractivity contribution in [2.75, 3.05) is 32.8 Å². The molecule has 0 aliphatic carbocycles. The lowest BCUT2D eigenvalue weighted by Gasteiger charge is -2.29. The van der Waals surface area contributed by atoms with E-state index >= 15 is 0 Å². The highest BCUT2D eigenvalue weighted by Crippen LogP contribution is 2.11. The molecule has 0 bridgehead atoms. The number of rotatable bonds is 5. The second-order valence-electron chi connectivity index (χ2n) is 5.54. The summed E-state index contributed by atoms with van der Waals surface area (Å²) in [6.07, 6.45) is 3.90. The summed E-state index contributed by atoms with van der Waals surface area (Å²) in [6, 6.07) is 4.22. The van der Waals surface area contributed by atoms with Crippen LogP contribution in [-0.2, 0) is 11.3 Å². The molecule has 1 unspecified atom stereocenters. The third kappa shape index (κ3) is 3.95. The Morgan fingerprint density at radius 1 is 1.33 bits per heavy atom. The predicted octanol–water partition coefficient (Wildman–Crippen LogP) is 1.80. The van der Waals surface area contributed by atoms with Gasteiger partial charge in [0.25, 0.3) is 0 Å². The summed E-state index contributed by atoms with van der Waals surface area (Å²) >= 11 is 5.98. The lowest BCUT2D eigenvalue weighted by atomic mass is 10.2. The van der Waals surface area contributed by atoms with Crippen molar-refractivity contribution in [3.63, 3.8) is 0 Å². The number of aromatic nitrogens is 2. The SMILES string of the molecule is CC(CN1CCOCC1)NCc1cn2cc(Cl)ccc2n1. The maximum absolute atomic E-state index is 5.98. The molecule has 1 aliphatic rings. The van der Waals surface area contributed by atoms with Gasteiger partial charge in [0.1, 0.15) is 5.65 Å². The van der Waals surface area contributed by atoms with E-state index in [-0.39, 0.29) is 0 Å². The topological polar surface area (TPSA) is 41.8 Å². The molecule has 2 aromatic heterocycles. The lowest BCUT2D eigenvalue weighted by Crippen LogP contribution is -2.44. The fourth-order valence-electron chi connectivity index (χ4n) is 2.62. The van der Waals surface area contributed by atoms with Crippen molar-refractivity contribution in [3.8, 4) is 0 Å². The van der Waals surface area contributed by atoms with Crippen molar-refractivity contribution in [2.45, 2.75) is 19.5 Å². The number of morpholine rings is 1. The number of imidazole rings is 1. The van der Waals surface area contributed by atoms with E-state index < -0.39 is 0 Å². The molecule has 6 heteroatoms. The zero-order valence-corrected chi connectivity index (χ0v) is 13.0. The molecular weight excluding hydrogens is 288 g/mol. The van der Waals surface area contributed by atoms with Crippen LogP contribution in [0.1, 0.15) is 12.6 Å². The molecule has 5 nitrogen and oxygen atoms in total. The van der Waals surface area contributed by atoms with Gasteiger partial charge in [0.15, 0.2) is 0 Å². The van der Waals surface area contributed by atoms with Gasteiger partial charge in [0, 0.05) is 44.6 Å². The zero-order chi connectivity index (χ0) is 14.7. The molecule has 0 aromatic carbocycles. The molecule has 3 rings (SSSR count). The fourth-order valence-corrected chi connectivity index (χ4v) is 2.78. The Morgan fingerprint density at radius 2 is 2.14 bits per heavy atom. The number of hydrogen-bond acceptors (Lipinski definition) is 4. The molecule has 0 amide bonds. The van der Waals surface area contributed by atoms with Crippen molar-refractivity contribution in [1.82, 2.24) is 19.6 Å². The van der Waals surface area contributed by atoms with Crippen LogP contribution in [0.4, 0.5) is 0 Å². The van der Waals surface area contributed by atoms with Gasteiger partial charge < -0.3 is 14.5 Å². The van der Waals surface area contributed by atoms with Crippen LogP contribution < -0.4 is 5.32 Å². The Hall–Kier alpha value is -1.14. The summed E-state index contributed by atoms with van der Waals surface area (Å²) in [5, 5.41) is 4.25. The molecule has 21 heavy (non-hydrogen) atoms. The molecule has 1 fully saturated rings. The highest BCUT2D eigenvalue weighted by Gasteiger charge is 2.13. The van der Waals surface area contributed by atoms with E-state index in [1.807, 2.05) is 28.9 Å². The summed E-state index contributed by atoms with van der Waals surface area (Å²) in [5.41, 5.74) is 1.96. The molecule has 1 N–H and O–H groups in total. The first-order valence-corrected chi connectivity index (χ1v) is 7.75. The van der Waals surface area contributed by atoms with Gasteiger partial charge in [-0.15, -0.1) is 0 Å². The molecule has 1 aliphatic heterocycles. The third-order valence-electron chi connectivity index (χ3n) is 3.73. The Kier molecular flexibility index (Phi) is 4.75. The van der Waals surface area contributed by atoms with Crippen molar-refractivity contribution >= 4 is 17.2 Å². The van der Waals surface area contributed by atoms with Crippen LogP contribution in [0.2, 0.25) is 5.02 Å². The van der Waals surface area contributed by atoms with Crippen LogP contribution in [0.15, 0.2) is 24.5 Å². The average Bonchev–Trinajstić information content (AvgIpc) is 2.88. The van der Waals surface area contributed by atoms with Crippen molar-refractivity contribution in [1.29, 1.82) is 0 Å². The number of fused-ring (bicyclic) bond motifs is 1. The van der Waals surface area contributed by atoms with Gasteiger partial charge in [-0.2, -0.15) is 0 Å². The van der Waals surface area contributed by atoms with Gasteiger partial charge in [-0.1, -0.05) is 11.6 Å². The zero-order valence-electron chi connectivity index (χ0n) is 12.3. The Balaban J connectivity index is 1.53. The number of nitrogens with one attached hydrogen (secondary N) is 1. The summed E-state index contributed by atoms with van der Waals surface area (Å²) < 4.78 is 7.33. The maximum atomic E-state index is 5.98. The predicted molar refractivity (Wildman–Crippen MR) is 83.8 cm³/mol. The van der Waals surface area contributed by atoms with E-state index in [1.54, 1.807) is 0 Å². The minimum atomic E-state index is 0.427. The Bertz CT molecular complexity index is 594. The fraction of sp³-hybridized carbons (Fsp3) is 0.533. The number of pyridine rings is 1. The van der Waals surface area contributed by atoms with Gasteiger partial charge in [-0.3, -0.25) is 4.90 Å². The maximum Gasteiger partial charge on any atom is 0.137 e. The highest BCUT2D eigenvalue weighted by molar-refractivity contribution is 6.30. The molecule has 0 saturated carbocycles. The van der Waals surface area contributed by atoms with E-state index in [9.17, 15) is 0 Å². The van der Waals surface area contributed by atoms with E-state index in [1.165, 1.54) is 0 Å². The summed E-state index contributed by atoms with van der Waals surface area (Å²) in [7, 11) is 0. The quantitative estimate of drug-likeness (QED) is 0.914. The number of halogens is 1. The third-order valence-corrected chi connectivity index (χ3v) is 3.96.